The first kappa shape index (κ1) is 20.3. The third-order valence-electron chi connectivity index (χ3n) is 6.07. The quantitative estimate of drug-likeness (QED) is 0.523. The van der Waals surface area contributed by atoms with Crippen LogP contribution in [0, 0.1) is 0 Å². The van der Waals surface area contributed by atoms with Gasteiger partial charge >= 0.3 is 0 Å². The average Bonchev–Trinajstić information content (AvgIpc) is 3.41. The SMILES string of the molecule is CC(C)n1ncc2[nH]c(-c3ccc(N4CCN(C(=O)Cc5ccccc5)CC4)cc3)nc21. The molecule has 2 aromatic heterocycles. The number of piperazine rings is 1. The van der Waals surface area contributed by atoms with Crippen LogP contribution in [0.15, 0.2) is 60.8 Å². The lowest BCUT2D eigenvalue weighted by molar-refractivity contribution is -0.130. The second-order valence-corrected chi connectivity index (χ2v) is 8.58. The van der Waals surface area contributed by atoms with Crippen LogP contribution in [-0.2, 0) is 11.2 Å². The summed E-state index contributed by atoms with van der Waals surface area (Å²) in [5, 5.41) is 4.39. The first-order valence-electron chi connectivity index (χ1n) is 11.2. The third kappa shape index (κ3) is 3.98. The predicted octanol–water partition coefficient (Wildman–Crippen LogP) is 3.90. The molecule has 7 nitrogen and oxygen atoms in total. The maximum Gasteiger partial charge on any atom is 0.227 e. The van der Waals surface area contributed by atoms with Gasteiger partial charge in [0.2, 0.25) is 5.91 Å². The van der Waals surface area contributed by atoms with Crippen LogP contribution >= 0.6 is 0 Å². The molecule has 0 bridgehead atoms. The summed E-state index contributed by atoms with van der Waals surface area (Å²) in [6.07, 6.45) is 2.31. The van der Waals surface area contributed by atoms with Gasteiger partial charge in [-0.05, 0) is 43.7 Å². The number of fused-ring (bicyclic) bond motifs is 1. The van der Waals surface area contributed by atoms with Crippen LogP contribution in [0.3, 0.4) is 0 Å². The summed E-state index contributed by atoms with van der Waals surface area (Å²) < 4.78 is 1.93. The van der Waals surface area contributed by atoms with E-state index in [1.807, 2.05) is 46.1 Å². The highest BCUT2D eigenvalue weighted by Gasteiger charge is 2.21. The number of amides is 1. The number of nitrogens with zero attached hydrogens (tertiary/aromatic N) is 5. The number of anilines is 1. The fourth-order valence-electron chi connectivity index (χ4n) is 4.26. The predicted molar refractivity (Wildman–Crippen MR) is 127 cm³/mol. The van der Waals surface area contributed by atoms with E-state index in [4.69, 9.17) is 4.98 Å². The molecule has 2 aromatic carbocycles. The maximum absolute atomic E-state index is 12.6. The molecule has 7 heteroatoms. The van der Waals surface area contributed by atoms with Crippen molar-refractivity contribution in [1.82, 2.24) is 24.6 Å². The minimum atomic E-state index is 0.205. The molecule has 0 aliphatic carbocycles. The molecule has 0 unspecified atom stereocenters. The standard InChI is InChI=1S/C25H28N6O/c1-18(2)31-25-22(17-26-31)27-24(28-25)20-8-10-21(11-9-20)29-12-14-30(15-13-29)23(32)16-19-6-4-3-5-7-19/h3-11,17-18H,12-16H2,1-2H3,(H,27,28). The van der Waals surface area contributed by atoms with Crippen molar-refractivity contribution in [2.45, 2.75) is 26.3 Å². The molecule has 4 aromatic rings. The molecule has 5 rings (SSSR count). The number of aromatic amines is 1. The Morgan fingerprint density at radius 3 is 2.41 bits per heavy atom. The van der Waals surface area contributed by atoms with E-state index in [1.54, 1.807) is 0 Å². The molecule has 0 atom stereocenters. The number of rotatable bonds is 5. The number of hydrogen-bond donors (Lipinski definition) is 1. The maximum atomic E-state index is 12.6. The van der Waals surface area contributed by atoms with Gasteiger partial charge in [-0.1, -0.05) is 30.3 Å². The van der Waals surface area contributed by atoms with Gasteiger partial charge in [0.1, 0.15) is 11.3 Å². The van der Waals surface area contributed by atoms with Crippen molar-refractivity contribution in [3.8, 4) is 11.4 Å². The van der Waals surface area contributed by atoms with E-state index in [0.29, 0.717) is 6.42 Å². The van der Waals surface area contributed by atoms with E-state index in [0.717, 1.165) is 54.3 Å². The number of benzene rings is 2. The van der Waals surface area contributed by atoms with E-state index >= 15 is 0 Å². The van der Waals surface area contributed by atoms with Crippen molar-refractivity contribution in [2.75, 3.05) is 31.1 Å². The summed E-state index contributed by atoms with van der Waals surface area (Å²) >= 11 is 0. The van der Waals surface area contributed by atoms with Gasteiger partial charge in [-0.15, -0.1) is 0 Å². The van der Waals surface area contributed by atoms with Gasteiger partial charge in [0.15, 0.2) is 5.65 Å². The molecule has 32 heavy (non-hydrogen) atoms. The summed E-state index contributed by atoms with van der Waals surface area (Å²) in [4.78, 5) is 25.1. The van der Waals surface area contributed by atoms with Crippen LogP contribution in [0.25, 0.3) is 22.6 Å². The van der Waals surface area contributed by atoms with Crippen molar-refractivity contribution in [1.29, 1.82) is 0 Å². The summed E-state index contributed by atoms with van der Waals surface area (Å²) in [5.74, 6) is 1.06. The average molecular weight is 429 g/mol. The summed E-state index contributed by atoms with van der Waals surface area (Å²) in [7, 11) is 0. The summed E-state index contributed by atoms with van der Waals surface area (Å²) in [5.41, 5.74) is 5.14. The number of imidazole rings is 1. The number of nitrogens with one attached hydrogen (secondary N) is 1. The van der Waals surface area contributed by atoms with Crippen molar-refractivity contribution < 1.29 is 4.79 Å². The molecular weight excluding hydrogens is 400 g/mol. The van der Waals surface area contributed by atoms with E-state index in [2.05, 4.69) is 53.1 Å². The Labute approximate surface area is 187 Å². The molecule has 1 aliphatic heterocycles. The second kappa shape index (κ2) is 8.49. The molecule has 1 fully saturated rings. The fourth-order valence-corrected chi connectivity index (χ4v) is 4.26. The zero-order valence-electron chi connectivity index (χ0n) is 18.5. The molecule has 1 saturated heterocycles. The second-order valence-electron chi connectivity index (χ2n) is 8.58. The highest BCUT2D eigenvalue weighted by atomic mass is 16.2. The molecular formula is C25H28N6O. The molecule has 0 saturated carbocycles. The van der Waals surface area contributed by atoms with Crippen LogP contribution in [0.2, 0.25) is 0 Å². The zero-order chi connectivity index (χ0) is 22.1. The van der Waals surface area contributed by atoms with Gasteiger partial charge in [-0.25, -0.2) is 9.67 Å². The topological polar surface area (TPSA) is 70.1 Å². The van der Waals surface area contributed by atoms with Crippen LogP contribution in [0.5, 0.6) is 0 Å². The molecule has 1 amide bonds. The largest absolute Gasteiger partial charge is 0.368 e. The minimum Gasteiger partial charge on any atom is -0.368 e. The van der Waals surface area contributed by atoms with Gasteiger partial charge in [0.05, 0.1) is 12.6 Å². The van der Waals surface area contributed by atoms with Crippen LogP contribution in [0.1, 0.15) is 25.5 Å². The molecule has 0 radical (unpaired) electrons. The molecule has 164 valence electrons. The van der Waals surface area contributed by atoms with Gasteiger partial charge in [-0.2, -0.15) is 5.10 Å². The first-order chi connectivity index (χ1) is 15.6. The van der Waals surface area contributed by atoms with Crippen LogP contribution < -0.4 is 4.90 Å². The Morgan fingerprint density at radius 2 is 1.72 bits per heavy atom. The Kier molecular flexibility index (Phi) is 5.39. The zero-order valence-corrected chi connectivity index (χ0v) is 18.5. The molecule has 1 aliphatic rings. The van der Waals surface area contributed by atoms with Gasteiger partial charge < -0.3 is 14.8 Å². The fraction of sp³-hybridized carbons (Fsp3) is 0.320. The lowest BCUT2D eigenvalue weighted by Crippen LogP contribution is -2.49. The summed E-state index contributed by atoms with van der Waals surface area (Å²) in [6.45, 7) is 7.39. The minimum absolute atomic E-state index is 0.205. The molecule has 1 N–H and O–H groups in total. The lowest BCUT2D eigenvalue weighted by Gasteiger charge is -2.36. The van der Waals surface area contributed by atoms with E-state index < -0.39 is 0 Å². The normalized spacial score (nSPS) is 14.5. The van der Waals surface area contributed by atoms with E-state index in [-0.39, 0.29) is 11.9 Å². The number of H-pyrrole nitrogens is 1. The lowest BCUT2D eigenvalue weighted by atomic mass is 10.1. The Hall–Kier alpha value is -3.61. The molecule has 3 heterocycles. The highest BCUT2D eigenvalue weighted by molar-refractivity contribution is 5.79. The van der Waals surface area contributed by atoms with Crippen molar-refractivity contribution in [2.24, 2.45) is 0 Å². The number of aromatic nitrogens is 4. The van der Waals surface area contributed by atoms with Crippen LogP contribution in [-0.4, -0.2) is 56.7 Å². The highest BCUT2D eigenvalue weighted by Crippen LogP contribution is 2.25. The van der Waals surface area contributed by atoms with Crippen molar-refractivity contribution in [3.63, 3.8) is 0 Å². The monoisotopic (exact) mass is 428 g/mol. The number of hydrogen-bond acceptors (Lipinski definition) is 4. The van der Waals surface area contributed by atoms with Gasteiger partial charge in [0, 0.05) is 43.5 Å². The Bertz CT molecular complexity index is 1200. The third-order valence-corrected chi connectivity index (χ3v) is 6.07. The number of carbonyl (C=O) groups excluding carboxylic acids is 1. The van der Waals surface area contributed by atoms with E-state index in [1.165, 1.54) is 5.69 Å². The van der Waals surface area contributed by atoms with Crippen LogP contribution in [0.4, 0.5) is 5.69 Å². The Morgan fingerprint density at radius 1 is 1.00 bits per heavy atom. The first-order valence-corrected chi connectivity index (χ1v) is 11.2. The van der Waals surface area contributed by atoms with E-state index in [9.17, 15) is 4.79 Å². The van der Waals surface area contributed by atoms with Gasteiger partial charge in [0.25, 0.3) is 0 Å². The molecule has 0 spiro atoms. The van der Waals surface area contributed by atoms with Crippen molar-refractivity contribution >= 4 is 22.8 Å². The number of carbonyl (C=O) groups is 1. The Balaban J connectivity index is 1.22. The smallest absolute Gasteiger partial charge is 0.227 e. The van der Waals surface area contributed by atoms with Gasteiger partial charge in [-0.3, -0.25) is 4.79 Å². The summed E-state index contributed by atoms with van der Waals surface area (Å²) in [6, 6.07) is 18.7. The van der Waals surface area contributed by atoms with Crippen molar-refractivity contribution in [3.05, 3.63) is 66.4 Å².